The molecule has 0 bridgehead atoms. The minimum absolute atomic E-state index is 0.0340. The van der Waals surface area contributed by atoms with Crippen LogP contribution in [-0.2, 0) is 26.1 Å². The highest BCUT2D eigenvalue weighted by molar-refractivity contribution is 7.89. The zero-order chi connectivity index (χ0) is 23.1. The summed E-state index contributed by atoms with van der Waals surface area (Å²) in [5.74, 6) is -0.154. The number of methoxy groups -OCH3 is 2. The van der Waals surface area contributed by atoms with Gasteiger partial charge in [-0.15, -0.1) is 0 Å². The molecular weight excluding hydrogens is 436 g/mol. The Labute approximate surface area is 187 Å². The van der Waals surface area contributed by atoms with E-state index in [9.17, 15) is 18.0 Å². The van der Waals surface area contributed by atoms with Crippen molar-refractivity contribution in [1.29, 1.82) is 0 Å². The lowest BCUT2D eigenvalue weighted by atomic mass is 10.2. The van der Waals surface area contributed by atoms with Gasteiger partial charge in [0.25, 0.3) is 5.91 Å². The second kappa shape index (κ2) is 10.5. The summed E-state index contributed by atoms with van der Waals surface area (Å²) in [5.41, 5.74) is 0.847. The van der Waals surface area contributed by atoms with Crippen molar-refractivity contribution >= 4 is 21.9 Å². The monoisotopic (exact) mass is 462 g/mol. The van der Waals surface area contributed by atoms with E-state index < -0.39 is 28.5 Å². The molecule has 0 aliphatic carbocycles. The van der Waals surface area contributed by atoms with Crippen molar-refractivity contribution in [3.05, 3.63) is 53.6 Å². The third kappa shape index (κ3) is 5.57. The van der Waals surface area contributed by atoms with E-state index in [2.05, 4.69) is 5.32 Å². The van der Waals surface area contributed by atoms with Gasteiger partial charge in [-0.2, -0.15) is 4.31 Å². The highest BCUT2D eigenvalue weighted by atomic mass is 32.2. The first kappa shape index (κ1) is 23.6. The molecular formula is C22H26N2O7S. The third-order valence-corrected chi connectivity index (χ3v) is 6.94. The summed E-state index contributed by atoms with van der Waals surface area (Å²) in [6.45, 7) is 0.657. The van der Waals surface area contributed by atoms with Crippen LogP contribution >= 0.6 is 0 Å². The number of ether oxygens (including phenoxy) is 3. The molecule has 1 fully saturated rings. The molecule has 0 spiro atoms. The number of carbonyl (C=O) groups excluding carboxylic acids is 2. The van der Waals surface area contributed by atoms with Gasteiger partial charge < -0.3 is 19.5 Å². The molecule has 0 saturated carbocycles. The molecule has 1 heterocycles. The number of nitrogens with zero attached hydrogens (tertiary/aromatic N) is 1. The van der Waals surface area contributed by atoms with Crippen LogP contribution in [0, 0.1) is 0 Å². The van der Waals surface area contributed by atoms with Crippen molar-refractivity contribution in [2.24, 2.45) is 0 Å². The first-order chi connectivity index (χ1) is 15.3. The molecule has 2 aromatic carbocycles. The van der Waals surface area contributed by atoms with Crippen LogP contribution in [-0.4, -0.2) is 58.5 Å². The Morgan fingerprint density at radius 3 is 2.41 bits per heavy atom. The van der Waals surface area contributed by atoms with E-state index in [4.69, 9.17) is 14.2 Å². The zero-order valence-corrected chi connectivity index (χ0v) is 18.8. The maximum atomic E-state index is 12.7. The van der Waals surface area contributed by atoms with Gasteiger partial charge in [-0.1, -0.05) is 12.1 Å². The molecule has 0 unspecified atom stereocenters. The lowest BCUT2D eigenvalue weighted by molar-refractivity contribution is -0.124. The predicted molar refractivity (Wildman–Crippen MR) is 116 cm³/mol. The Bertz CT molecular complexity index is 1080. The van der Waals surface area contributed by atoms with Crippen LogP contribution in [0.25, 0.3) is 0 Å². The summed E-state index contributed by atoms with van der Waals surface area (Å²) < 4.78 is 42.2. The summed E-state index contributed by atoms with van der Waals surface area (Å²) in [4.78, 5) is 24.5. The first-order valence-corrected chi connectivity index (χ1v) is 11.5. The molecule has 32 heavy (non-hydrogen) atoms. The van der Waals surface area contributed by atoms with Gasteiger partial charge in [0, 0.05) is 19.6 Å². The number of sulfonamides is 1. The average molecular weight is 463 g/mol. The minimum Gasteiger partial charge on any atom is -0.493 e. The average Bonchev–Trinajstić information content (AvgIpc) is 3.37. The number of carbonyl (C=O) groups is 2. The van der Waals surface area contributed by atoms with E-state index in [0.717, 1.165) is 18.4 Å². The van der Waals surface area contributed by atoms with Crippen LogP contribution in [0.1, 0.15) is 28.8 Å². The minimum atomic E-state index is -3.65. The van der Waals surface area contributed by atoms with Crippen molar-refractivity contribution in [2.75, 3.05) is 33.9 Å². The molecule has 172 valence electrons. The molecule has 1 saturated heterocycles. The molecule has 1 aliphatic heterocycles. The van der Waals surface area contributed by atoms with E-state index in [1.54, 1.807) is 18.2 Å². The fraction of sp³-hybridized carbons (Fsp3) is 0.364. The highest BCUT2D eigenvalue weighted by Crippen LogP contribution is 2.27. The zero-order valence-electron chi connectivity index (χ0n) is 18.0. The van der Waals surface area contributed by atoms with Gasteiger partial charge in [0.15, 0.2) is 18.1 Å². The fourth-order valence-corrected chi connectivity index (χ4v) is 4.88. The molecule has 0 atom stereocenters. The molecule has 0 radical (unpaired) electrons. The Balaban J connectivity index is 1.55. The van der Waals surface area contributed by atoms with E-state index in [-0.39, 0.29) is 17.0 Å². The summed E-state index contributed by atoms with van der Waals surface area (Å²) in [6, 6.07) is 10.9. The van der Waals surface area contributed by atoms with Crippen LogP contribution in [0.5, 0.6) is 11.5 Å². The Morgan fingerprint density at radius 1 is 1.00 bits per heavy atom. The van der Waals surface area contributed by atoms with Gasteiger partial charge in [0.1, 0.15) is 0 Å². The van der Waals surface area contributed by atoms with Gasteiger partial charge in [-0.05, 0) is 48.7 Å². The predicted octanol–water partition coefficient (Wildman–Crippen LogP) is 1.96. The van der Waals surface area contributed by atoms with Crippen molar-refractivity contribution in [1.82, 2.24) is 9.62 Å². The SMILES string of the molecule is COc1ccc(CNC(=O)COC(=O)c2cccc(S(=O)(=O)N3CCCC3)c2)cc1OC. The maximum Gasteiger partial charge on any atom is 0.338 e. The van der Waals surface area contributed by atoms with Crippen molar-refractivity contribution in [3.8, 4) is 11.5 Å². The fourth-order valence-electron chi connectivity index (χ4n) is 3.32. The van der Waals surface area contributed by atoms with Crippen molar-refractivity contribution < 1.29 is 32.2 Å². The van der Waals surface area contributed by atoms with Gasteiger partial charge in [0.2, 0.25) is 10.0 Å². The number of hydrogen-bond donors (Lipinski definition) is 1. The van der Waals surface area contributed by atoms with Crippen LogP contribution in [0.3, 0.4) is 0 Å². The molecule has 1 N–H and O–H groups in total. The third-order valence-electron chi connectivity index (χ3n) is 5.04. The van der Waals surface area contributed by atoms with Gasteiger partial charge in [-0.3, -0.25) is 4.79 Å². The smallest absolute Gasteiger partial charge is 0.338 e. The number of esters is 1. The number of amides is 1. The summed E-state index contributed by atoms with van der Waals surface area (Å²) >= 11 is 0. The van der Waals surface area contributed by atoms with E-state index >= 15 is 0 Å². The van der Waals surface area contributed by atoms with E-state index in [1.165, 1.54) is 42.8 Å². The van der Waals surface area contributed by atoms with E-state index in [0.29, 0.717) is 24.6 Å². The molecule has 1 aliphatic rings. The molecule has 10 heteroatoms. The first-order valence-electron chi connectivity index (χ1n) is 10.1. The largest absolute Gasteiger partial charge is 0.493 e. The van der Waals surface area contributed by atoms with Crippen LogP contribution in [0.4, 0.5) is 0 Å². The molecule has 3 rings (SSSR count). The van der Waals surface area contributed by atoms with Crippen LogP contribution in [0.15, 0.2) is 47.4 Å². The normalized spacial score (nSPS) is 14.1. The standard InChI is InChI=1S/C22H26N2O7S/c1-29-19-9-8-16(12-20(19)30-2)14-23-21(25)15-31-22(26)17-6-5-7-18(13-17)32(27,28)24-10-3-4-11-24/h5-9,12-13H,3-4,10-11,14-15H2,1-2H3,(H,23,25). The topological polar surface area (TPSA) is 111 Å². The van der Waals surface area contributed by atoms with Gasteiger partial charge in [0.05, 0.1) is 24.7 Å². The Hall–Kier alpha value is -3.11. The number of nitrogens with one attached hydrogen (secondary N) is 1. The second-order valence-electron chi connectivity index (χ2n) is 7.18. The van der Waals surface area contributed by atoms with Crippen molar-refractivity contribution in [3.63, 3.8) is 0 Å². The molecule has 2 aromatic rings. The number of rotatable bonds is 9. The lowest BCUT2D eigenvalue weighted by Crippen LogP contribution is -2.29. The van der Waals surface area contributed by atoms with Crippen LogP contribution in [0.2, 0.25) is 0 Å². The lowest BCUT2D eigenvalue weighted by Gasteiger charge is -2.15. The van der Waals surface area contributed by atoms with Crippen molar-refractivity contribution in [2.45, 2.75) is 24.3 Å². The quantitative estimate of drug-likeness (QED) is 0.567. The Kier molecular flexibility index (Phi) is 7.70. The summed E-state index contributed by atoms with van der Waals surface area (Å²) in [5, 5.41) is 2.65. The summed E-state index contributed by atoms with van der Waals surface area (Å²) in [7, 11) is -0.597. The molecule has 9 nitrogen and oxygen atoms in total. The molecule has 0 aromatic heterocycles. The summed E-state index contributed by atoms with van der Waals surface area (Å²) in [6.07, 6.45) is 1.64. The second-order valence-corrected chi connectivity index (χ2v) is 9.12. The van der Waals surface area contributed by atoms with E-state index in [1.807, 2.05) is 0 Å². The number of benzene rings is 2. The van der Waals surface area contributed by atoms with Crippen LogP contribution < -0.4 is 14.8 Å². The maximum absolute atomic E-state index is 12.7. The van der Waals surface area contributed by atoms with Gasteiger partial charge >= 0.3 is 5.97 Å². The number of hydrogen-bond acceptors (Lipinski definition) is 7. The highest BCUT2D eigenvalue weighted by Gasteiger charge is 2.27. The Morgan fingerprint density at radius 2 is 1.72 bits per heavy atom. The van der Waals surface area contributed by atoms with Gasteiger partial charge in [-0.25, -0.2) is 13.2 Å². The molecule has 1 amide bonds.